The van der Waals surface area contributed by atoms with E-state index < -0.39 is 32.4 Å². The summed E-state index contributed by atoms with van der Waals surface area (Å²) in [6.07, 6.45) is 0. The molecule has 0 radical (unpaired) electrons. The lowest BCUT2D eigenvalue weighted by molar-refractivity contribution is -0.147. The van der Waals surface area contributed by atoms with E-state index >= 15 is 0 Å². The van der Waals surface area contributed by atoms with Crippen molar-refractivity contribution < 1.29 is 17.9 Å². The Hall–Kier alpha value is -2.36. The maximum atomic E-state index is 13.3. The molecule has 1 fully saturated rings. The molecule has 0 bridgehead atoms. The fraction of sp³-hybridized carbons (Fsp3) is 0.300. The Morgan fingerprint density at radius 3 is 2.48 bits per heavy atom. The number of carbonyl (C=O) groups is 1. The summed E-state index contributed by atoms with van der Waals surface area (Å²) < 4.78 is 31.6. The maximum absolute atomic E-state index is 13.3. The number of halogens is 1. The van der Waals surface area contributed by atoms with E-state index in [1.165, 1.54) is 12.1 Å². The van der Waals surface area contributed by atoms with Crippen molar-refractivity contribution in [1.82, 2.24) is 0 Å². The number of aryl methyl sites for hydroxylation is 1. The van der Waals surface area contributed by atoms with Gasteiger partial charge in [0.15, 0.2) is 15.3 Å². The highest BCUT2D eigenvalue weighted by Crippen LogP contribution is 2.64. The van der Waals surface area contributed by atoms with Crippen LogP contribution in [-0.4, -0.2) is 26.2 Å². The predicted molar refractivity (Wildman–Crippen MR) is 101 cm³/mol. The van der Waals surface area contributed by atoms with Gasteiger partial charge in [-0.25, -0.2) is 8.42 Å². The van der Waals surface area contributed by atoms with Crippen LogP contribution in [0.5, 0.6) is 0 Å². The summed E-state index contributed by atoms with van der Waals surface area (Å²) in [6, 6.07) is 14.9. The fourth-order valence-electron chi connectivity index (χ4n) is 3.46. The summed E-state index contributed by atoms with van der Waals surface area (Å²) in [4.78, 5) is 12.7. The molecule has 3 rings (SSSR count). The molecular weight excluding hydrogens is 386 g/mol. The molecule has 2 aromatic rings. The molecule has 0 aliphatic heterocycles. The fourth-order valence-corrected chi connectivity index (χ4v) is 5.91. The zero-order valence-electron chi connectivity index (χ0n) is 14.8. The van der Waals surface area contributed by atoms with Crippen LogP contribution in [0, 0.1) is 23.7 Å². The smallest absolute Gasteiger partial charge is 0.328 e. The first-order chi connectivity index (χ1) is 12.8. The van der Waals surface area contributed by atoms with E-state index in [-0.39, 0.29) is 11.5 Å². The van der Waals surface area contributed by atoms with Crippen molar-refractivity contribution in [2.45, 2.75) is 29.9 Å². The largest absolute Gasteiger partial charge is 0.465 e. The molecule has 0 unspecified atom stereocenters. The van der Waals surface area contributed by atoms with Crippen LogP contribution < -0.4 is 0 Å². The first kappa shape index (κ1) is 19.4. The lowest BCUT2D eigenvalue weighted by Crippen LogP contribution is -2.25. The van der Waals surface area contributed by atoms with E-state index in [2.05, 4.69) is 0 Å². The predicted octanol–water partition coefficient (Wildman–Crippen LogP) is 3.66. The topological polar surface area (TPSA) is 84.2 Å². The molecule has 5 nitrogen and oxygen atoms in total. The molecule has 0 amide bonds. The van der Waals surface area contributed by atoms with Crippen LogP contribution >= 0.6 is 11.6 Å². The minimum atomic E-state index is -3.94. The lowest BCUT2D eigenvalue weighted by atomic mass is 10.0. The number of ether oxygens (including phenoxy) is 1. The number of hydrogen-bond donors (Lipinski definition) is 0. The summed E-state index contributed by atoms with van der Waals surface area (Å²) in [5, 5.41) is 9.01. The van der Waals surface area contributed by atoms with Gasteiger partial charge in [-0.3, -0.25) is 4.79 Å². The van der Waals surface area contributed by atoms with Crippen molar-refractivity contribution in [2.75, 3.05) is 6.61 Å². The van der Waals surface area contributed by atoms with E-state index in [1.807, 2.05) is 13.0 Å². The molecule has 7 heteroatoms. The molecule has 3 atom stereocenters. The van der Waals surface area contributed by atoms with Gasteiger partial charge in [0.05, 0.1) is 17.6 Å². The highest BCUT2D eigenvalue weighted by atomic mass is 35.5. The first-order valence-corrected chi connectivity index (χ1v) is 10.4. The summed E-state index contributed by atoms with van der Waals surface area (Å²) in [6.45, 7) is 3.52. The van der Waals surface area contributed by atoms with Crippen molar-refractivity contribution in [3.05, 3.63) is 64.7 Å². The van der Waals surface area contributed by atoms with Crippen LogP contribution in [0.2, 0.25) is 5.02 Å². The monoisotopic (exact) mass is 403 g/mol. The molecule has 0 saturated heterocycles. The number of benzene rings is 2. The average molecular weight is 404 g/mol. The van der Waals surface area contributed by atoms with Crippen molar-refractivity contribution in [1.29, 1.82) is 5.26 Å². The summed E-state index contributed by atoms with van der Waals surface area (Å²) in [7, 11) is -3.94. The molecule has 0 aromatic heterocycles. The van der Waals surface area contributed by atoms with Crippen LogP contribution in [0.15, 0.2) is 53.4 Å². The number of hydrogen-bond acceptors (Lipinski definition) is 5. The SMILES string of the molecule is CCOC(=O)[C@@]1(C#N)[C@H](S(=O)(=O)c2ccc(C)cc2)[C@@H]1c1cccc(Cl)c1. The van der Waals surface area contributed by atoms with Crippen molar-refractivity contribution in [2.24, 2.45) is 5.41 Å². The van der Waals surface area contributed by atoms with Crippen molar-refractivity contribution in [3.63, 3.8) is 0 Å². The number of rotatable bonds is 5. The van der Waals surface area contributed by atoms with Crippen molar-refractivity contribution >= 4 is 27.4 Å². The van der Waals surface area contributed by atoms with Gasteiger partial charge >= 0.3 is 5.97 Å². The Balaban J connectivity index is 2.14. The number of carbonyl (C=O) groups excluding carboxylic acids is 1. The second-order valence-electron chi connectivity index (χ2n) is 6.51. The zero-order valence-corrected chi connectivity index (χ0v) is 16.4. The molecule has 2 aromatic carbocycles. The standard InChI is InChI=1S/C20H18ClNO4S/c1-3-26-19(23)20(12-22)17(14-5-4-6-15(21)11-14)18(20)27(24,25)16-9-7-13(2)8-10-16/h4-11,17-18H,3H2,1-2H3/t17-,18+,20+/m0/s1. The average Bonchev–Trinajstić information content (AvgIpc) is 3.34. The summed E-state index contributed by atoms with van der Waals surface area (Å²) in [5.41, 5.74) is -0.351. The molecule has 27 heavy (non-hydrogen) atoms. The van der Waals surface area contributed by atoms with E-state index in [0.717, 1.165) is 5.56 Å². The third-order valence-corrected chi connectivity index (χ3v) is 7.30. The molecule has 0 heterocycles. The van der Waals surface area contributed by atoms with E-state index in [0.29, 0.717) is 10.6 Å². The second kappa shape index (κ2) is 6.99. The minimum Gasteiger partial charge on any atom is -0.465 e. The Kier molecular flexibility index (Phi) is 5.02. The van der Waals surface area contributed by atoms with Gasteiger partial charge in [-0.15, -0.1) is 0 Å². The van der Waals surface area contributed by atoms with Crippen LogP contribution in [0.3, 0.4) is 0 Å². The maximum Gasteiger partial charge on any atom is 0.328 e. The van der Waals surface area contributed by atoms with Crippen LogP contribution in [0.25, 0.3) is 0 Å². The van der Waals surface area contributed by atoms with Gasteiger partial charge in [0.2, 0.25) is 0 Å². The van der Waals surface area contributed by atoms with Crippen LogP contribution in [-0.2, 0) is 19.4 Å². The number of nitrogens with zero attached hydrogens (tertiary/aromatic N) is 1. The first-order valence-electron chi connectivity index (χ1n) is 8.43. The van der Waals surface area contributed by atoms with Crippen LogP contribution in [0.4, 0.5) is 0 Å². The van der Waals surface area contributed by atoms with Gasteiger partial charge in [-0.2, -0.15) is 5.26 Å². The van der Waals surface area contributed by atoms with Gasteiger partial charge in [-0.1, -0.05) is 41.4 Å². The highest BCUT2D eigenvalue weighted by Gasteiger charge is 2.77. The quantitative estimate of drug-likeness (QED) is 0.711. The second-order valence-corrected chi connectivity index (χ2v) is 9.02. The zero-order chi connectivity index (χ0) is 19.8. The molecular formula is C20H18ClNO4S. The Bertz CT molecular complexity index is 1030. The van der Waals surface area contributed by atoms with Crippen LogP contribution in [0.1, 0.15) is 24.0 Å². The molecule has 0 N–H and O–H groups in total. The van der Waals surface area contributed by atoms with Gasteiger partial charge in [0.1, 0.15) is 5.25 Å². The number of sulfone groups is 1. The Morgan fingerprint density at radius 2 is 1.93 bits per heavy atom. The molecule has 0 spiro atoms. The molecule has 1 aliphatic carbocycles. The Labute approximate surface area is 163 Å². The van der Waals surface area contributed by atoms with Crippen molar-refractivity contribution in [3.8, 4) is 6.07 Å². The van der Waals surface area contributed by atoms with E-state index in [4.69, 9.17) is 16.3 Å². The molecule has 1 saturated carbocycles. The van der Waals surface area contributed by atoms with Gasteiger partial charge < -0.3 is 4.74 Å². The third-order valence-electron chi connectivity index (χ3n) is 4.82. The summed E-state index contributed by atoms with van der Waals surface area (Å²) >= 11 is 6.04. The van der Waals surface area contributed by atoms with E-state index in [1.54, 1.807) is 43.3 Å². The normalized spacial score (nSPS) is 24.1. The molecule has 140 valence electrons. The minimum absolute atomic E-state index is 0.0574. The lowest BCUT2D eigenvalue weighted by Gasteiger charge is -2.09. The third kappa shape index (κ3) is 3.11. The molecule has 1 aliphatic rings. The summed E-state index contributed by atoms with van der Waals surface area (Å²) in [5.74, 6) is -1.66. The highest BCUT2D eigenvalue weighted by molar-refractivity contribution is 7.92. The van der Waals surface area contributed by atoms with Gasteiger partial charge in [-0.05, 0) is 43.7 Å². The van der Waals surface area contributed by atoms with Gasteiger partial charge in [0.25, 0.3) is 0 Å². The Morgan fingerprint density at radius 1 is 1.26 bits per heavy atom. The number of nitriles is 1. The number of esters is 1. The van der Waals surface area contributed by atoms with E-state index in [9.17, 15) is 18.5 Å². The van der Waals surface area contributed by atoms with Gasteiger partial charge in [0, 0.05) is 10.9 Å².